The molecule has 0 radical (unpaired) electrons. The van der Waals surface area contributed by atoms with E-state index in [4.69, 9.17) is 4.74 Å². The lowest BCUT2D eigenvalue weighted by Gasteiger charge is -2.11. The van der Waals surface area contributed by atoms with Gasteiger partial charge in [-0.2, -0.15) is 0 Å². The summed E-state index contributed by atoms with van der Waals surface area (Å²) in [4.78, 5) is 3.93. The Morgan fingerprint density at radius 3 is 2.69 bits per heavy atom. The minimum Gasteiger partial charge on any atom is -0.497 e. The summed E-state index contributed by atoms with van der Waals surface area (Å²) in [6.45, 7) is 0.506. The van der Waals surface area contributed by atoms with Gasteiger partial charge in [-0.1, -0.05) is 12.1 Å². The SMILES string of the molecule is COc1ccc(C(O)Cn2ccnc2)cc1. The maximum Gasteiger partial charge on any atom is 0.118 e. The quantitative estimate of drug-likeness (QED) is 0.848. The van der Waals surface area contributed by atoms with Crippen LogP contribution >= 0.6 is 0 Å². The van der Waals surface area contributed by atoms with E-state index in [-0.39, 0.29) is 0 Å². The number of aliphatic hydroxyl groups is 1. The fourth-order valence-electron chi connectivity index (χ4n) is 1.53. The number of hydrogen-bond donors (Lipinski definition) is 1. The van der Waals surface area contributed by atoms with Crippen molar-refractivity contribution in [3.8, 4) is 5.75 Å². The molecular formula is C12H14N2O2. The molecule has 0 aliphatic rings. The molecule has 0 saturated heterocycles. The van der Waals surface area contributed by atoms with Crippen LogP contribution in [0.25, 0.3) is 0 Å². The van der Waals surface area contributed by atoms with Crippen molar-refractivity contribution in [2.45, 2.75) is 12.6 Å². The van der Waals surface area contributed by atoms with E-state index in [0.29, 0.717) is 6.54 Å². The first-order valence-corrected chi connectivity index (χ1v) is 5.07. The van der Waals surface area contributed by atoms with Crippen LogP contribution in [-0.4, -0.2) is 21.8 Å². The van der Waals surface area contributed by atoms with Crippen molar-refractivity contribution in [2.75, 3.05) is 7.11 Å². The first-order valence-electron chi connectivity index (χ1n) is 5.07. The molecule has 0 amide bonds. The van der Waals surface area contributed by atoms with E-state index >= 15 is 0 Å². The second-order valence-electron chi connectivity index (χ2n) is 3.55. The van der Waals surface area contributed by atoms with Gasteiger partial charge in [0.05, 0.1) is 26.1 Å². The lowest BCUT2D eigenvalue weighted by Crippen LogP contribution is -2.06. The Morgan fingerprint density at radius 1 is 1.38 bits per heavy atom. The van der Waals surface area contributed by atoms with Crippen molar-refractivity contribution in [1.82, 2.24) is 9.55 Å². The highest BCUT2D eigenvalue weighted by Crippen LogP contribution is 2.18. The van der Waals surface area contributed by atoms with Crippen LogP contribution < -0.4 is 4.74 Å². The first-order chi connectivity index (χ1) is 7.79. The van der Waals surface area contributed by atoms with Crippen LogP contribution in [0.2, 0.25) is 0 Å². The van der Waals surface area contributed by atoms with Crippen molar-refractivity contribution < 1.29 is 9.84 Å². The Labute approximate surface area is 94.1 Å². The van der Waals surface area contributed by atoms with Gasteiger partial charge in [-0.05, 0) is 17.7 Å². The van der Waals surface area contributed by atoms with E-state index in [2.05, 4.69) is 4.98 Å². The van der Waals surface area contributed by atoms with Gasteiger partial charge >= 0.3 is 0 Å². The molecule has 2 aromatic rings. The summed E-state index contributed by atoms with van der Waals surface area (Å²) in [5, 5.41) is 9.97. The maximum absolute atomic E-state index is 9.97. The molecule has 1 N–H and O–H groups in total. The van der Waals surface area contributed by atoms with Crippen LogP contribution in [0, 0.1) is 0 Å². The smallest absolute Gasteiger partial charge is 0.118 e. The zero-order valence-electron chi connectivity index (χ0n) is 9.08. The summed E-state index contributed by atoms with van der Waals surface area (Å²) < 4.78 is 6.90. The van der Waals surface area contributed by atoms with Crippen molar-refractivity contribution in [3.63, 3.8) is 0 Å². The molecule has 0 saturated carbocycles. The number of ether oxygens (including phenoxy) is 1. The van der Waals surface area contributed by atoms with Crippen LogP contribution in [0.5, 0.6) is 5.75 Å². The fourth-order valence-corrected chi connectivity index (χ4v) is 1.53. The van der Waals surface area contributed by atoms with E-state index in [9.17, 15) is 5.11 Å². The molecule has 4 heteroatoms. The fraction of sp³-hybridized carbons (Fsp3) is 0.250. The highest BCUT2D eigenvalue weighted by molar-refractivity contribution is 5.28. The molecule has 0 aliphatic heterocycles. The van der Waals surface area contributed by atoms with Crippen molar-refractivity contribution >= 4 is 0 Å². The van der Waals surface area contributed by atoms with Gasteiger partial charge in [0, 0.05) is 12.4 Å². The molecule has 84 valence electrons. The summed E-state index contributed by atoms with van der Waals surface area (Å²) >= 11 is 0. The first kappa shape index (κ1) is 10.7. The molecule has 1 aromatic heterocycles. The van der Waals surface area contributed by atoms with Crippen LogP contribution in [0.1, 0.15) is 11.7 Å². The number of rotatable bonds is 4. The molecular weight excluding hydrogens is 204 g/mol. The Morgan fingerprint density at radius 2 is 2.12 bits per heavy atom. The standard InChI is InChI=1S/C12H14N2O2/c1-16-11-4-2-10(3-5-11)12(15)8-14-7-6-13-9-14/h2-7,9,12,15H,8H2,1H3. The minimum absolute atomic E-state index is 0.506. The highest BCUT2D eigenvalue weighted by Gasteiger charge is 2.07. The Kier molecular flexibility index (Phi) is 3.22. The van der Waals surface area contributed by atoms with E-state index in [1.807, 2.05) is 35.0 Å². The predicted octanol–water partition coefficient (Wildman–Crippen LogP) is 1.63. The average molecular weight is 218 g/mol. The van der Waals surface area contributed by atoms with E-state index < -0.39 is 6.10 Å². The third-order valence-corrected chi connectivity index (χ3v) is 2.44. The normalized spacial score (nSPS) is 12.4. The lowest BCUT2D eigenvalue weighted by atomic mass is 10.1. The number of aromatic nitrogens is 2. The third-order valence-electron chi connectivity index (χ3n) is 2.44. The van der Waals surface area contributed by atoms with Crippen molar-refractivity contribution in [2.24, 2.45) is 0 Å². The molecule has 0 bridgehead atoms. The number of benzene rings is 1. The molecule has 0 fully saturated rings. The van der Waals surface area contributed by atoms with Crippen LogP contribution in [0.15, 0.2) is 43.0 Å². The van der Waals surface area contributed by atoms with Gasteiger partial charge < -0.3 is 14.4 Å². The Balaban J connectivity index is 2.05. The number of nitrogens with zero attached hydrogens (tertiary/aromatic N) is 2. The van der Waals surface area contributed by atoms with E-state index in [0.717, 1.165) is 11.3 Å². The minimum atomic E-state index is -0.528. The Hall–Kier alpha value is -1.81. The van der Waals surface area contributed by atoms with E-state index in [1.54, 1.807) is 19.6 Å². The topological polar surface area (TPSA) is 47.3 Å². The molecule has 16 heavy (non-hydrogen) atoms. The van der Waals surface area contributed by atoms with Crippen molar-refractivity contribution in [1.29, 1.82) is 0 Å². The summed E-state index contributed by atoms with van der Waals surface area (Å²) in [5.74, 6) is 0.790. The molecule has 0 spiro atoms. The largest absolute Gasteiger partial charge is 0.497 e. The molecule has 1 atom stereocenters. The number of methoxy groups -OCH3 is 1. The van der Waals surface area contributed by atoms with Crippen LogP contribution in [0.4, 0.5) is 0 Å². The third kappa shape index (κ3) is 2.41. The lowest BCUT2D eigenvalue weighted by molar-refractivity contribution is 0.156. The second-order valence-corrected chi connectivity index (χ2v) is 3.55. The molecule has 4 nitrogen and oxygen atoms in total. The average Bonchev–Trinajstić information content (AvgIpc) is 2.82. The maximum atomic E-state index is 9.97. The van der Waals surface area contributed by atoms with Gasteiger partial charge in [0.1, 0.15) is 5.75 Å². The number of imidazole rings is 1. The van der Waals surface area contributed by atoms with Crippen LogP contribution in [-0.2, 0) is 6.54 Å². The Bertz CT molecular complexity index is 423. The molecule has 1 aromatic carbocycles. The van der Waals surface area contributed by atoms with Gasteiger partial charge in [0.25, 0.3) is 0 Å². The van der Waals surface area contributed by atoms with Crippen molar-refractivity contribution in [3.05, 3.63) is 48.5 Å². The van der Waals surface area contributed by atoms with Gasteiger partial charge in [-0.25, -0.2) is 4.98 Å². The van der Waals surface area contributed by atoms with E-state index in [1.165, 1.54) is 0 Å². The van der Waals surface area contributed by atoms with Gasteiger partial charge in [-0.15, -0.1) is 0 Å². The molecule has 1 unspecified atom stereocenters. The summed E-state index contributed by atoms with van der Waals surface area (Å²) in [7, 11) is 1.62. The summed E-state index contributed by atoms with van der Waals surface area (Å²) in [6, 6.07) is 7.40. The molecule has 1 heterocycles. The monoisotopic (exact) mass is 218 g/mol. The molecule has 0 aliphatic carbocycles. The summed E-state index contributed by atoms with van der Waals surface area (Å²) in [6.07, 6.45) is 4.68. The predicted molar refractivity (Wildman–Crippen MR) is 60.2 cm³/mol. The highest BCUT2D eigenvalue weighted by atomic mass is 16.5. The molecule has 2 rings (SSSR count). The second kappa shape index (κ2) is 4.81. The van der Waals surface area contributed by atoms with Gasteiger partial charge in [0.2, 0.25) is 0 Å². The van der Waals surface area contributed by atoms with Gasteiger partial charge in [-0.3, -0.25) is 0 Å². The summed E-state index contributed by atoms with van der Waals surface area (Å²) in [5.41, 5.74) is 0.870. The zero-order valence-corrected chi connectivity index (χ0v) is 9.08. The zero-order chi connectivity index (χ0) is 11.4. The van der Waals surface area contributed by atoms with Gasteiger partial charge in [0.15, 0.2) is 0 Å². The number of hydrogen-bond acceptors (Lipinski definition) is 3. The van der Waals surface area contributed by atoms with Crippen LogP contribution in [0.3, 0.4) is 0 Å². The number of aliphatic hydroxyl groups excluding tert-OH is 1.